The molecule has 2 heterocycles. The molecule has 1 aliphatic rings. The normalized spacial score (nSPS) is 16.0. The summed E-state index contributed by atoms with van der Waals surface area (Å²) in [7, 11) is 2.91. The van der Waals surface area contributed by atoms with Crippen molar-refractivity contribution in [3.63, 3.8) is 0 Å². The number of halogens is 1. The van der Waals surface area contributed by atoms with Gasteiger partial charge in [-0.2, -0.15) is 0 Å². The molecule has 1 aromatic heterocycles. The van der Waals surface area contributed by atoms with Crippen LogP contribution in [0, 0.1) is 0 Å². The van der Waals surface area contributed by atoms with Gasteiger partial charge in [0.05, 0.1) is 36.1 Å². The lowest BCUT2D eigenvalue weighted by atomic mass is 9.96. The van der Waals surface area contributed by atoms with Crippen LogP contribution in [0.1, 0.15) is 24.1 Å². The van der Waals surface area contributed by atoms with Gasteiger partial charge in [-0.3, -0.25) is 9.36 Å². The highest BCUT2D eigenvalue weighted by Gasteiger charge is 2.33. The van der Waals surface area contributed by atoms with Crippen LogP contribution in [0.2, 0.25) is 0 Å². The summed E-state index contributed by atoms with van der Waals surface area (Å²) in [6, 6.07) is 14.3. The maximum Gasteiger partial charge on any atom is 0.338 e. The summed E-state index contributed by atoms with van der Waals surface area (Å²) in [6.07, 6.45) is 1.83. The minimum atomic E-state index is -0.640. The third-order valence-electron chi connectivity index (χ3n) is 5.00. The molecule has 0 bridgehead atoms. The zero-order chi connectivity index (χ0) is 22.1. The topological polar surface area (TPSA) is 69.9 Å². The van der Waals surface area contributed by atoms with Gasteiger partial charge in [-0.15, -0.1) is 0 Å². The molecule has 0 radical (unpaired) electrons. The summed E-state index contributed by atoms with van der Waals surface area (Å²) in [6.45, 7) is 1.76. The van der Waals surface area contributed by atoms with Crippen molar-refractivity contribution >= 4 is 39.3 Å². The Bertz CT molecular complexity index is 1370. The number of nitrogens with zero attached hydrogens (tertiary/aromatic N) is 2. The van der Waals surface area contributed by atoms with E-state index < -0.39 is 12.0 Å². The number of rotatable bonds is 4. The molecular weight excluding hydrogens is 480 g/mol. The van der Waals surface area contributed by atoms with E-state index in [0.717, 1.165) is 15.6 Å². The zero-order valence-corrected chi connectivity index (χ0v) is 19.5. The number of carbonyl (C=O) groups excluding carboxylic acids is 1. The van der Waals surface area contributed by atoms with Crippen LogP contribution in [0.25, 0.3) is 6.08 Å². The number of allylic oxidation sites excluding steroid dienone is 1. The molecule has 2 aromatic carbocycles. The molecule has 1 atom stereocenters. The zero-order valence-electron chi connectivity index (χ0n) is 17.1. The van der Waals surface area contributed by atoms with Crippen molar-refractivity contribution in [3.05, 3.63) is 95.1 Å². The smallest absolute Gasteiger partial charge is 0.338 e. The van der Waals surface area contributed by atoms with Crippen molar-refractivity contribution in [2.24, 2.45) is 4.99 Å². The van der Waals surface area contributed by atoms with E-state index in [2.05, 4.69) is 20.9 Å². The third-order valence-corrected chi connectivity index (χ3v) is 6.48. The first kappa shape index (κ1) is 21.3. The predicted molar refractivity (Wildman–Crippen MR) is 123 cm³/mol. The average Bonchev–Trinajstić information content (AvgIpc) is 3.07. The number of ether oxygens (including phenoxy) is 2. The van der Waals surface area contributed by atoms with Crippen LogP contribution in [-0.2, 0) is 9.53 Å². The van der Waals surface area contributed by atoms with Crippen molar-refractivity contribution in [3.8, 4) is 5.75 Å². The molecule has 158 valence electrons. The van der Waals surface area contributed by atoms with Crippen LogP contribution in [0.15, 0.2) is 74.1 Å². The monoisotopic (exact) mass is 498 g/mol. The molecule has 8 heteroatoms. The molecule has 0 saturated carbocycles. The Morgan fingerprint density at radius 2 is 1.94 bits per heavy atom. The molecule has 3 aromatic rings. The maximum atomic E-state index is 13.4. The van der Waals surface area contributed by atoms with Crippen molar-refractivity contribution in [2.75, 3.05) is 14.2 Å². The second-order valence-electron chi connectivity index (χ2n) is 6.90. The lowest BCUT2D eigenvalue weighted by Crippen LogP contribution is -2.39. The summed E-state index contributed by atoms with van der Waals surface area (Å²) in [4.78, 5) is 31.2. The number of hydrogen-bond acceptors (Lipinski definition) is 6. The number of methoxy groups -OCH3 is 2. The van der Waals surface area contributed by atoms with E-state index in [-0.39, 0.29) is 5.56 Å². The molecule has 0 saturated heterocycles. The van der Waals surface area contributed by atoms with Crippen molar-refractivity contribution in [1.82, 2.24) is 4.57 Å². The first-order chi connectivity index (χ1) is 14.9. The van der Waals surface area contributed by atoms with Gasteiger partial charge in [0.2, 0.25) is 0 Å². The van der Waals surface area contributed by atoms with Gasteiger partial charge in [0.25, 0.3) is 5.56 Å². The Labute approximate surface area is 190 Å². The number of carbonyl (C=O) groups is 1. The summed E-state index contributed by atoms with van der Waals surface area (Å²) in [5.74, 6) is 0.175. The Morgan fingerprint density at radius 3 is 2.58 bits per heavy atom. The number of aromatic nitrogens is 1. The highest BCUT2D eigenvalue weighted by atomic mass is 79.9. The molecule has 0 N–H and O–H groups in total. The molecule has 0 unspecified atom stereocenters. The fourth-order valence-electron chi connectivity index (χ4n) is 3.54. The number of benzene rings is 2. The Kier molecular flexibility index (Phi) is 5.93. The van der Waals surface area contributed by atoms with Gasteiger partial charge in [0.15, 0.2) is 4.80 Å². The van der Waals surface area contributed by atoms with Gasteiger partial charge in [-0.05, 0) is 48.4 Å². The molecule has 31 heavy (non-hydrogen) atoms. The molecule has 0 aliphatic carbocycles. The van der Waals surface area contributed by atoms with Crippen molar-refractivity contribution < 1.29 is 14.3 Å². The largest absolute Gasteiger partial charge is 0.497 e. The van der Waals surface area contributed by atoms with Crippen LogP contribution >= 0.6 is 27.3 Å². The fraction of sp³-hybridized carbons (Fsp3) is 0.174. The third kappa shape index (κ3) is 4.00. The Balaban J connectivity index is 1.96. The van der Waals surface area contributed by atoms with Gasteiger partial charge in [-0.25, -0.2) is 9.79 Å². The van der Waals surface area contributed by atoms with E-state index in [1.165, 1.54) is 18.4 Å². The fourth-order valence-corrected chi connectivity index (χ4v) is 5.01. The molecule has 6 nitrogen and oxygen atoms in total. The Morgan fingerprint density at radius 1 is 1.19 bits per heavy atom. The average molecular weight is 499 g/mol. The van der Waals surface area contributed by atoms with E-state index in [9.17, 15) is 9.59 Å². The van der Waals surface area contributed by atoms with Gasteiger partial charge < -0.3 is 9.47 Å². The molecule has 0 amide bonds. The van der Waals surface area contributed by atoms with Gasteiger partial charge >= 0.3 is 5.97 Å². The van der Waals surface area contributed by atoms with Crippen molar-refractivity contribution in [1.29, 1.82) is 0 Å². The van der Waals surface area contributed by atoms with Crippen LogP contribution in [0.5, 0.6) is 5.75 Å². The highest BCUT2D eigenvalue weighted by Crippen LogP contribution is 2.31. The SMILES string of the molecule is COC(=O)C1=C(C)N=c2s/c(=C\c3cccc(Br)c3)c(=O)n2[C@@H]1c1ccc(OC)cc1. The minimum absolute atomic E-state index is 0.210. The van der Waals surface area contributed by atoms with Crippen LogP contribution in [-0.4, -0.2) is 24.8 Å². The molecule has 0 spiro atoms. The lowest BCUT2D eigenvalue weighted by Gasteiger charge is -2.24. The van der Waals surface area contributed by atoms with Crippen molar-refractivity contribution in [2.45, 2.75) is 13.0 Å². The highest BCUT2D eigenvalue weighted by molar-refractivity contribution is 9.10. The van der Waals surface area contributed by atoms with E-state index in [1.807, 2.05) is 42.5 Å². The summed E-state index contributed by atoms with van der Waals surface area (Å²) >= 11 is 4.75. The van der Waals surface area contributed by atoms with Crippen LogP contribution in [0.4, 0.5) is 0 Å². The van der Waals surface area contributed by atoms with E-state index in [1.54, 1.807) is 30.7 Å². The maximum absolute atomic E-state index is 13.4. The molecular formula is C23H19BrN2O4S. The Hall–Kier alpha value is -2.97. The second kappa shape index (κ2) is 8.64. The molecule has 0 fully saturated rings. The number of thiazole rings is 1. The number of fused-ring (bicyclic) bond motifs is 1. The predicted octanol–water partition coefficient (Wildman–Crippen LogP) is 3.18. The first-order valence-corrected chi connectivity index (χ1v) is 11.0. The quantitative estimate of drug-likeness (QED) is 0.518. The second-order valence-corrected chi connectivity index (χ2v) is 8.83. The van der Waals surface area contributed by atoms with E-state index >= 15 is 0 Å². The summed E-state index contributed by atoms with van der Waals surface area (Å²) in [5.41, 5.74) is 2.32. The van der Waals surface area contributed by atoms with Gasteiger partial charge in [0.1, 0.15) is 5.75 Å². The number of hydrogen-bond donors (Lipinski definition) is 0. The van der Waals surface area contributed by atoms with E-state index in [4.69, 9.17) is 9.47 Å². The minimum Gasteiger partial charge on any atom is -0.497 e. The molecule has 1 aliphatic heterocycles. The van der Waals surface area contributed by atoms with Gasteiger partial charge in [0, 0.05) is 4.47 Å². The molecule has 4 rings (SSSR count). The van der Waals surface area contributed by atoms with Crippen LogP contribution < -0.4 is 19.6 Å². The lowest BCUT2D eigenvalue weighted by molar-refractivity contribution is -0.136. The standard InChI is InChI=1S/C23H19BrN2O4S/c1-13-19(22(28)30-3)20(15-7-9-17(29-2)10-8-15)26-21(27)18(31-23(26)25-13)12-14-5-4-6-16(24)11-14/h4-12,20H,1-3H3/b18-12-/t20-/m1/s1. The summed E-state index contributed by atoms with van der Waals surface area (Å²) < 4.78 is 13.3. The summed E-state index contributed by atoms with van der Waals surface area (Å²) in [5, 5.41) is 0. The first-order valence-electron chi connectivity index (χ1n) is 9.43. The van der Waals surface area contributed by atoms with Crippen LogP contribution in [0.3, 0.4) is 0 Å². The van der Waals surface area contributed by atoms with E-state index in [0.29, 0.717) is 26.4 Å². The number of esters is 1. The van der Waals surface area contributed by atoms with Gasteiger partial charge in [-0.1, -0.05) is 51.5 Å².